The van der Waals surface area contributed by atoms with E-state index in [0.29, 0.717) is 16.5 Å². The highest BCUT2D eigenvalue weighted by Crippen LogP contribution is 2.27. The predicted octanol–water partition coefficient (Wildman–Crippen LogP) is 3.42. The van der Waals surface area contributed by atoms with Gasteiger partial charge < -0.3 is 14.6 Å². The third-order valence-electron chi connectivity index (χ3n) is 2.99. The molecule has 0 aliphatic rings. The standard InChI is InChI=1S/C16H19ClN2O3/c1-10(2)21-11(3)16(20)18-9-12-8-15(22-19-12)13-6-4-5-7-14(13)17/h4-8,10-11H,9H2,1-3H3,(H,18,20)/t11-/m0/s1. The summed E-state index contributed by atoms with van der Waals surface area (Å²) in [5, 5.41) is 7.29. The lowest BCUT2D eigenvalue weighted by Gasteiger charge is -2.15. The SMILES string of the molecule is CC(C)O[C@@H](C)C(=O)NCc1cc(-c2ccccc2Cl)on1. The summed E-state index contributed by atoms with van der Waals surface area (Å²) in [4.78, 5) is 11.9. The molecule has 0 radical (unpaired) electrons. The second-order valence-electron chi connectivity index (χ2n) is 5.21. The molecule has 0 spiro atoms. The van der Waals surface area contributed by atoms with Gasteiger partial charge in [0.2, 0.25) is 5.91 Å². The lowest BCUT2D eigenvalue weighted by Crippen LogP contribution is -2.35. The van der Waals surface area contributed by atoms with E-state index in [1.54, 1.807) is 19.1 Å². The quantitative estimate of drug-likeness (QED) is 0.885. The summed E-state index contributed by atoms with van der Waals surface area (Å²) in [6.07, 6.45) is -0.505. The van der Waals surface area contributed by atoms with E-state index in [4.69, 9.17) is 20.9 Å². The Labute approximate surface area is 134 Å². The van der Waals surface area contributed by atoms with Gasteiger partial charge in [-0.2, -0.15) is 0 Å². The van der Waals surface area contributed by atoms with E-state index in [0.717, 1.165) is 5.56 Å². The van der Waals surface area contributed by atoms with E-state index < -0.39 is 6.10 Å². The smallest absolute Gasteiger partial charge is 0.249 e. The number of carbonyl (C=O) groups excluding carboxylic acids is 1. The van der Waals surface area contributed by atoms with Crippen LogP contribution >= 0.6 is 11.6 Å². The molecule has 0 bridgehead atoms. The maximum Gasteiger partial charge on any atom is 0.249 e. The number of hydrogen-bond donors (Lipinski definition) is 1. The zero-order valence-corrected chi connectivity index (χ0v) is 13.6. The Morgan fingerprint density at radius 3 is 2.77 bits per heavy atom. The molecule has 0 saturated carbocycles. The van der Waals surface area contributed by atoms with Crippen molar-refractivity contribution in [1.82, 2.24) is 10.5 Å². The first kappa shape index (κ1) is 16.5. The normalized spacial score (nSPS) is 12.4. The van der Waals surface area contributed by atoms with E-state index in [9.17, 15) is 4.79 Å². The average Bonchev–Trinajstić information content (AvgIpc) is 2.93. The van der Waals surface area contributed by atoms with Gasteiger partial charge in [0.25, 0.3) is 0 Å². The van der Waals surface area contributed by atoms with Crippen molar-refractivity contribution in [3.05, 3.63) is 41.0 Å². The monoisotopic (exact) mass is 322 g/mol. The molecular formula is C16H19ClN2O3. The van der Waals surface area contributed by atoms with Gasteiger partial charge >= 0.3 is 0 Å². The lowest BCUT2D eigenvalue weighted by molar-refractivity contribution is -0.134. The van der Waals surface area contributed by atoms with Crippen LogP contribution in [0.15, 0.2) is 34.9 Å². The van der Waals surface area contributed by atoms with E-state index in [2.05, 4.69) is 10.5 Å². The van der Waals surface area contributed by atoms with E-state index in [1.165, 1.54) is 0 Å². The third-order valence-corrected chi connectivity index (χ3v) is 3.32. The van der Waals surface area contributed by atoms with Gasteiger partial charge in [-0.1, -0.05) is 28.9 Å². The minimum atomic E-state index is -0.505. The molecule has 1 atom stereocenters. The summed E-state index contributed by atoms with van der Waals surface area (Å²) in [5.74, 6) is 0.386. The van der Waals surface area contributed by atoms with Crippen molar-refractivity contribution in [2.45, 2.75) is 39.5 Å². The summed E-state index contributed by atoms with van der Waals surface area (Å²) < 4.78 is 10.7. The molecular weight excluding hydrogens is 304 g/mol. The molecule has 118 valence electrons. The highest BCUT2D eigenvalue weighted by molar-refractivity contribution is 6.33. The van der Waals surface area contributed by atoms with Gasteiger partial charge in [-0.15, -0.1) is 0 Å². The number of benzene rings is 1. The van der Waals surface area contributed by atoms with Gasteiger partial charge in [-0.3, -0.25) is 4.79 Å². The molecule has 0 fully saturated rings. The van der Waals surface area contributed by atoms with Gasteiger partial charge in [0.05, 0.1) is 17.7 Å². The summed E-state index contributed by atoms with van der Waals surface area (Å²) in [6.45, 7) is 5.76. The Bertz CT molecular complexity index is 640. The largest absolute Gasteiger partial charge is 0.366 e. The molecule has 6 heteroatoms. The summed E-state index contributed by atoms with van der Waals surface area (Å²) >= 11 is 6.11. The second kappa shape index (κ2) is 7.42. The molecule has 1 aromatic heterocycles. The van der Waals surface area contributed by atoms with Crippen molar-refractivity contribution in [2.75, 3.05) is 0 Å². The molecule has 5 nitrogen and oxygen atoms in total. The van der Waals surface area contributed by atoms with Crippen LogP contribution in [0.3, 0.4) is 0 Å². The van der Waals surface area contributed by atoms with E-state index >= 15 is 0 Å². The fourth-order valence-corrected chi connectivity index (χ4v) is 2.20. The lowest BCUT2D eigenvalue weighted by atomic mass is 10.1. The summed E-state index contributed by atoms with van der Waals surface area (Å²) in [6, 6.07) is 9.11. The van der Waals surface area contributed by atoms with Crippen LogP contribution in [0.2, 0.25) is 5.02 Å². The fourth-order valence-electron chi connectivity index (χ4n) is 1.97. The zero-order valence-electron chi connectivity index (χ0n) is 12.8. The number of aromatic nitrogens is 1. The number of rotatable bonds is 6. The van der Waals surface area contributed by atoms with Crippen molar-refractivity contribution < 1.29 is 14.1 Å². The Morgan fingerprint density at radius 1 is 1.36 bits per heavy atom. The van der Waals surface area contributed by atoms with Crippen LogP contribution in [0.25, 0.3) is 11.3 Å². The molecule has 0 unspecified atom stereocenters. The van der Waals surface area contributed by atoms with Crippen LogP contribution in [0.4, 0.5) is 0 Å². The Kier molecular flexibility index (Phi) is 5.57. The minimum Gasteiger partial charge on any atom is -0.366 e. The Hall–Kier alpha value is -1.85. The second-order valence-corrected chi connectivity index (χ2v) is 5.61. The molecule has 1 N–H and O–H groups in total. The maximum absolute atomic E-state index is 11.9. The van der Waals surface area contributed by atoms with E-state index in [-0.39, 0.29) is 18.6 Å². The van der Waals surface area contributed by atoms with Crippen molar-refractivity contribution in [3.8, 4) is 11.3 Å². The van der Waals surface area contributed by atoms with Crippen LogP contribution in [0, 0.1) is 0 Å². The third kappa shape index (κ3) is 4.32. The highest BCUT2D eigenvalue weighted by Gasteiger charge is 2.16. The van der Waals surface area contributed by atoms with Gasteiger partial charge in [0, 0.05) is 11.6 Å². The summed E-state index contributed by atoms with van der Waals surface area (Å²) in [5.41, 5.74) is 1.39. The molecule has 1 heterocycles. The Balaban J connectivity index is 1.96. The number of hydrogen-bond acceptors (Lipinski definition) is 4. The highest BCUT2D eigenvalue weighted by atomic mass is 35.5. The van der Waals surface area contributed by atoms with Crippen LogP contribution in [0.1, 0.15) is 26.5 Å². The van der Waals surface area contributed by atoms with Gasteiger partial charge in [-0.25, -0.2) is 0 Å². The van der Waals surface area contributed by atoms with Crippen LogP contribution in [0.5, 0.6) is 0 Å². The number of nitrogens with zero attached hydrogens (tertiary/aromatic N) is 1. The number of halogens is 1. The molecule has 2 aromatic rings. The molecule has 0 aliphatic carbocycles. The van der Waals surface area contributed by atoms with Crippen molar-refractivity contribution >= 4 is 17.5 Å². The maximum atomic E-state index is 11.9. The molecule has 1 amide bonds. The van der Waals surface area contributed by atoms with Crippen molar-refractivity contribution in [3.63, 3.8) is 0 Å². The molecule has 0 aliphatic heterocycles. The molecule has 1 aromatic carbocycles. The topological polar surface area (TPSA) is 64.4 Å². The first-order chi connectivity index (χ1) is 10.5. The van der Waals surface area contributed by atoms with Crippen molar-refractivity contribution in [2.24, 2.45) is 0 Å². The fraction of sp³-hybridized carbons (Fsp3) is 0.375. The molecule has 2 rings (SSSR count). The molecule has 0 saturated heterocycles. The average molecular weight is 323 g/mol. The van der Waals surface area contributed by atoms with Crippen LogP contribution in [-0.4, -0.2) is 23.3 Å². The van der Waals surface area contributed by atoms with Crippen LogP contribution < -0.4 is 5.32 Å². The number of carbonyl (C=O) groups is 1. The van der Waals surface area contributed by atoms with Gasteiger partial charge in [-0.05, 0) is 32.9 Å². The number of amides is 1. The van der Waals surface area contributed by atoms with E-state index in [1.807, 2.05) is 32.0 Å². The Morgan fingerprint density at radius 2 is 2.09 bits per heavy atom. The van der Waals surface area contributed by atoms with Gasteiger partial charge in [0.15, 0.2) is 5.76 Å². The predicted molar refractivity (Wildman–Crippen MR) is 84.5 cm³/mol. The first-order valence-corrected chi connectivity index (χ1v) is 7.49. The number of nitrogens with one attached hydrogen (secondary N) is 1. The van der Waals surface area contributed by atoms with Crippen molar-refractivity contribution in [1.29, 1.82) is 0 Å². The zero-order chi connectivity index (χ0) is 16.1. The number of ether oxygens (including phenoxy) is 1. The molecule has 22 heavy (non-hydrogen) atoms. The van der Waals surface area contributed by atoms with Gasteiger partial charge in [0.1, 0.15) is 11.8 Å². The summed E-state index contributed by atoms with van der Waals surface area (Å²) in [7, 11) is 0. The minimum absolute atomic E-state index is 0.000347. The van der Waals surface area contributed by atoms with Crippen LogP contribution in [-0.2, 0) is 16.1 Å². The first-order valence-electron chi connectivity index (χ1n) is 7.11.